The molecule has 3 nitrogen and oxygen atoms in total. The third-order valence-corrected chi connectivity index (χ3v) is 2.68. The normalized spacial score (nSPS) is 15.9. The van der Waals surface area contributed by atoms with Crippen molar-refractivity contribution in [2.24, 2.45) is 0 Å². The Morgan fingerprint density at radius 2 is 2.07 bits per heavy atom. The van der Waals surface area contributed by atoms with Gasteiger partial charge in [0.2, 0.25) is 0 Å². The minimum atomic E-state index is -0.190. The van der Waals surface area contributed by atoms with E-state index in [2.05, 4.69) is 12.1 Å². The molecule has 1 fully saturated rings. The van der Waals surface area contributed by atoms with Crippen LogP contribution in [-0.2, 0) is 4.74 Å². The molecular weight excluding hydrogens is 190 g/mol. The van der Waals surface area contributed by atoms with Crippen molar-refractivity contribution in [1.29, 1.82) is 0 Å². The van der Waals surface area contributed by atoms with Crippen LogP contribution >= 0.6 is 0 Å². The summed E-state index contributed by atoms with van der Waals surface area (Å²) in [5.74, 6) is 0.482. The Labute approximate surface area is 89.7 Å². The number of likely N-dealkylation sites (tertiary alicyclic amines) is 1. The Hall–Kier alpha value is -1.51. The van der Waals surface area contributed by atoms with Crippen LogP contribution in [0.4, 0.5) is 4.79 Å². The highest BCUT2D eigenvalue weighted by Crippen LogP contribution is 2.26. The highest BCUT2D eigenvalue weighted by atomic mass is 16.6. The number of amides is 1. The smallest absolute Gasteiger partial charge is 0.409 e. The number of rotatable bonds is 2. The highest BCUT2D eigenvalue weighted by Gasteiger charge is 2.32. The van der Waals surface area contributed by atoms with Gasteiger partial charge in [-0.25, -0.2) is 4.79 Å². The van der Waals surface area contributed by atoms with Gasteiger partial charge in [-0.2, -0.15) is 0 Å². The zero-order valence-electron chi connectivity index (χ0n) is 8.85. The molecule has 0 bridgehead atoms. The third kappa shape index (κ3) is 2.12. The van der Waals surface area contributed by atoms with Gasteiger partial charge >= 0.3 is 6.09 Å². The van der Waals surface area contributed by atoms with E-state index in [1.54, 1.807) is 4.90 Å². The van der Waals surface area contributed by atoms with Crippen molar-refractivity contribution in [2.75, 3.05) is 19.7 Å². The molecule has 1 aliphatic heterocycles. The first-order chi connectivity index (χ1) is 7.31. The summed E-state index contributed by atoms with van der Waals surface area (Å²) in [6.45, 7) is 3.84. The van der Waals surface area contributed by atoms with E-state index in [1.807, 2.05) is 25.1 Å². The third-order valence-electron chi connectivity index (χ3n) is 2.68. The van der Waals surface area contributed by atoms with Gasteiger partial charge in [-0.3, -0.25) is 0 Å². The van der Waals surface area contributed by atoms with Crippen molar-refractivity contribution in [3.63, 3.8) is 0 Å². The zero-order valence-corrected chi connectivity index (χ0v) is 8.85. The fraction of sp³-hybridized carbons (Fsp3) is 0.417. The van der Waals surface area contributed by atoms with Crippen LogP contribution in [0.2, 0.25) is 0 Å². The standard InChI is InChI=1S/C12H15NO2/c1-2-15-12(14)13-8-11(9-13)10-6-4-3-5-7-10/h3-7,11H,2,8-9H2,1H3. The van der Waals surface area contributed by atoms with Gasteiger partial charge in [0.25, 0.3) is 0 Å². The van der Waals surface area contributed by atoms with Crippen LogP contribution < -0.4 is 0 Å². The summed E-state index contributed by atoms with van der Waals surface area (Å²) in [6.07, 6.45) is -0.190. The number of benzene rings is 1. The number of carbonyl (C=O) groups is 1. The Balaban J connectivity index is 1.86. The predicted molar refractivity (Wildman–Crippen MR) is 57.8 cm³/mol. The second-order valence-electron chi connectivity index (χ2n) is 3.71. The number of hydrogen-bond donors (Lipinski definition) is 0. The Kier molecular flexibility index (Phi) is 2.90. The van der Waals surface area contributed by atoms with E-state index in [1.165, 1.54) is 5.56 Å². The van der Waals surface area contributed by atoms with Crippen molar-refractivity contribution in [3.05, 3.63) is 35.9 Å². The lowest BCUT2D eigenvalue weighted by molar-refractivity contribution is 0.0751. The first kappa shape index (κ1) is 10.0. The van der Waals surface area contributed by atoms with Crippen LogP contribution in [-0.4, -0.2) is 30.7 Å². The van der Waals surface area contributed by atoms with Gasteiger partial charge in [-0.15, -0.1) is 0 Å². The first-order valence-electron chi connectivity index (χ1n) is 5.28. The van der Waals surface area contributed by atoms with Gasteiger partial charge in [-0.05, 0) is 12.5 Å². The van der Waals surface area contributed by atoms with Crippen LogP contribution in [0.3, 0.4) is 0 Å². The topological polar surface area (TPSA) is 29.5 Å². The average molecular weight is 205 g/mol. The Bertz CT molecular complexity index is 331. The summed E-state index contributed by atoms with van der Waals surface area (Å²) < 4.78 is 4.92. The van der Waals surface area contributed by atoms with Crippen molar-refractivity contribution < 1.29 is 9.53 Å². The Morgan fingerprint density at radius 1 is 1.40 bits per heavy atom. The lowest BCUT2D eigenvalue weighted by Crippen LogP contribution is -2.48. The molecule has 2 rings (SSSR count). The number of ether oxygens (including phenoxy) is 1. The summed E-state index contributed by atoms with van der Waals surface area (Å²) in [6, 6.07) is 10.3. The largest absolute Gasteiger partial charge is 0.450 e. The van der Waals surface area contributed by atoms with Crippen LogP contribution in [0.15, 0.2) is 30.3 Å². The van der Waals surface area contributed by atoms with Crippen LogP contribution in [0.5, 0.6) is 0 Å². The van der Waals surface area contributed by atoms with Gasteiger partial charge in [0.15, 0.2) is 0 Å². The summed E-state index contributed by atoms with van der Waals surface area (Å²) in [7, 11) is 0. The molecule has 0 aliphatic carbocycles. The molecule has 1 saturated heterocycles. The molecule has 1 aromatic rings. The first-order valence-corrected chi connectivity index (χ1v) is 5.28. The number of hydrogen-bond acceptors (Lipinski definition) is 2. The van der Waals surface area contributed by atoms with E-state index in [4.69, 9.17) is 4.74 Å². The zero-order chi connectivity index (χ0) is 10.7. The van der Waals surface area contributed by atoms with E-state index in [-0.39, 0.29) is 6.09 Å². The van der Waals surface area contributed by atoms with Crippen molar-refractivity contribution in [2.45, 2.75) is 12.8 Å². The van der Waals surface area contributed by atoms with Gasteiger partial charge in [0, 0.05) is 19.0 Å². The molecule has 0 saturated carbocycles. The molecule has 3 heteroatoms. The molecule has 0 radical (unpaired) electrons. The monoisotopic (exact) mass is 205 g/mol. The molecule has 0 aromatic heterocycles. The molecule has 1 aromatic carbocycles. The van der Waals surface area contributed by atoms with Gasteiger partial charge in [0.1, 0.15) is 0 Å². The van der Waals surface area contributed by atoms with E-state index >= 15 is 0 Å². The molecule has 1 aliphatic rings. The fourth-order valence-corrected chi connectivity index (χ4v) is 1.78. The van der Waals surface area contributed by atoms with E-state index in [0.717, 1.165) is 13.1 Å². The second-order valence-corrected chi connectivity index (χ2v) is 3.71. The van der Waals surface area contributed by atoms with E-state index < -0.39 is 0 Å². The molecule has 1 amide bonds. The van der Waals surface area contributed by atoms with Crippen molar-refractivity contribution in [1.82, 2.24) is 4.90 Å². The quantitative estimate of drug-likeness (QED) is 0.741. The fourth-order valence-electron chi connectivity index (χ4n) is 1.78. The average Bonchev–Trinajstić information content (AvgIpc) is 2.17. The maximum Gasteiger partial charge on any atom is 0.409 e. The summed E-state index contributed by atoms with van der Waals surface area (Å²) >= 11 is 0. The molecule has 80 valence electrons. The number of nitrogens with zero attached hydrogens (tertiary/aromatic N) is 1. The van der Waals surface area contributed by atoms with Gasteiger partial charge < -0.3 is 9.64 Å². The summed E-state index contributed by atoms with van der Waals surface area (Å²) in [4.78, 5) is 13.0. The maximum atomic E-state index is 11.3. The lowest BCUT2D eigenvalue weighted by Gasteiger charge is -2.38. The minimum absolute atomic E-state index is 0.190. The van der Waals surface area contributed by atoms with Crippen LogP contribution in [0.25, 0.3) is 0 Å². The van der Waals surface area contributed by atoms with Crippen molar-refractivity contribution >= 4 is 6.09 Å². The van der Waals surface area contributed by atoms with Crippen LogP contribution in [0.1, 0.15) is 18.4 Å². The molecule has 0 atom stereocenters. The van der Waals surface area contributed by atoms with E-state index in [0.29, 0.717) is 12.5 Å². The molecule has 0 spiro atoms. The SMILES string of the molecule is CCOC(=O)N1CC(c2ccccc2)C1. The lowest BCUT2D eigenvalue weighted by atomic mass is 9.92. The highest BCUT2D eigenvalue weighted by molar-refractivity contribution is 5.69. The molecule has 0 N–H and O–H groups in total. The molecule has 15 heavy (non-hydrogen) atoms. The van der Waals surface area contributed by atoms with Crippen LogP contribution in [0, 0.1) is 0 Å². The van der Waals surface area contributed by atoms with Gasteiger partial charge in [-0.1, -0.05) is 30.3 Å². The molecular formula is C12H15NO2. The predicted octanol–water partition coefficient (Wildman–Crippen LogP) is 2.24. The molecule has 0 unspecified atom stereocenters. The Morgan fingerprint density at radius 3 is 2.67 bits per heavy atom. The molecule has 1 heterocycles. The van der Waals surface area contributed by atoms with Crippen molar-refractivity contribution in [3.8, 4) is 0 Å². The summed E-state index contributed by atoms with van der Waals surface area (Å²) in [5.41, 5.74) is 1.30. The maximum absolute atomic E-state index is 11.3. The second kappa shape index (κ2) is 4.34. The minimum Gasteiger partial charge on any atom is -0.450 e. The number of carbonyl (C=O) groups excluding carboxylic acids is 1. The van der Waals surface area contributed by atoms with E-state index in [9.17, 15) is 4.79 Å². The summed E-state index contributed by atoms with van der Waals surface area (Å²) in [5, 5.41) is 0. The van der Waals surface area contributed by atoms with Gasteiger partial charge in [0.05, 0.1) is 6.61 Å².